The van der Waals surface area contributed by atoms with E-state index in [9.17, 15) is 4.79 Å². The molecule has 0 unspecified atom stereocenters. The molecule has 4 nitrogen and oxygen atoms in total. The van der Waals surface area contributed by atoms with Crippen LogP contribution in [0.3, 0.4) is 0 Å². The van der Waals surface area contributed by atoms with Crippen molar-refractivity contribution in [2.24, 2.45) is 0 Å². The zero-order valence-corrected chi connectivity index (χ0v) is 18.4. The number of hydrogen-bond acceptors (Lipinski definition) is 4. The third-order valence-electron chi connectivity index (χ3n) is 3.70. The molecule has 26 heavy (non-hydrogen) atoms. The van der Waals surface area contributed by atoms with Crippen LogP contribution >= 0.6 is 31.9 Å². The van der Waals surface area contributed by atoms with Gasteiger partial charge in [-0.25, -0.2) is 0 Å². The van der Waals surface area contributed by atoms with E-state index in [0.717, 1.165) is 17.7 Å². The van der Waals surface area contributed by atoms with Gasteiger partial charge in [-0.05, 0) is 74.5 Å². The summed E-state index contributed by atoms with van der Waals surface area (Å²) < 4.78 is 18.2. The summed E-state index contributed by atoms with van der Waals surface area (Å²) in [6, 6.07) is 9.17. The number of ether oxygens (including phenoxy) is 3. The minimum atomic E-state index is -0.253. The Balaban J connectivity index is 2.27. The van der Waals surface area contributed by atoms with Crippen LogP contribution in [-0.4, -0.2) is 13.1 Å². The number of halogens is 2. The molecular weight excluding hydrogens is 464 g/mol. The van der Waals surface area contributed by atoms with Crippen LogP contribution in [0.15, 0.2) is 39.3 Å². The largest absolute Gasteiger partial charge is 0.496 e. The van der Waals surface area contributed by atoms with Gasteiger partial charge in [0.1, 0.15) is 17.2 Å². The van der Waals surface area contributed by atoms with Gasteiger partial charge >= 0.3 is 5.97 Å². The molecule has 0 amide bonds. The predicted molar refractivity (Wildman–Crippen MR) is 110 cm³/mol. The summed E-state index contributed by atoms with van der Waals surface area (Å²) in [5.41, 5.74) is 1.07. The SMILES string of the molecule is CCCC(=O)Oc1cc(Br)c(Oc2ccc(OC)c(C(C)C)c2)c(Br)c1. The van der Waals surface area contributed by atoms with Gasteiger partial charge in [0.15, 0.2) is 5.75 Å². The van der Waals surface area contributed by atoms with Crippen molar-refractivity contribution in [3.63, 3.8) is 0 Å². The molecule has 0 spiro atoms. The highest BCUT2D eigenvalue weighted by Gasteiger charge is 2.15. The van der Waals surface area contributed by atoms with Gasteiger partial charge < -0.3 is 14.2 Å². The Labute approximate surface area is 171 Å². The van der Waals surface area contributed by atoms with Crippen LogP contribution in [0.1, 0.15) is 45.1 Å². The van der Waals surface area contributed by atoms with Crippen molar-refractivity contribution < 1.29 is 19.0 Å². The van der Waals surface area contributed by atoms with Crippen molar-refractivity contribution in [2.75, 3.05) is 7.11 Å². The summed E-state index contributed by atoms with van der Waals surface area (Å²) in [7, 11) is 1.66. The van der Waals surface area contributed by atoms with Crippen LogP contribution in [0.5, 0.6) is 23.0 Å². The highest BCUT2D eigenvalue weighted by atomic mass is 79.9. The van der Waals surface area contributed by atoms with Gasteiger partial charge in [0.05, 0.1) is 16.1 Å². The lowest BCUT2D eigenvalue weighted by molar-refractivity contribution is -0.134. The average Bonchev–Trinajstić information content (AvgIpc) is 2.58. The standard InChI is InChI=1S/C20H22Br2O4/c1-5-6-19(23)25-14-10-16(21)20(17(22)11-14)26-13-7-8-18(24-4)15(9-13)12(2)3/h7-12H,5-6H2,1-4H3. The van der Waals surface area contributed by atoms with Gasteiger partial charge in [-0.1, -0.05) is 20.8 Å². The second-order valence-corrected chi connectivity index (χ2v) is 7.81. The zero-order valence-electron chi connectivity index (χ0n) is 15.3. The lowest BCUT2D eigenvalue weighted by Crippen LogP contribution is -2.07. The highest BCUT2D eigenvalue weighted by molar-refractivity contribution is 9.11. The first kappa shape index (κ1) is 20.8. The molecule has 0 saturated carbocycles. The Hall–Kier alpha value is -1.53. The third kappa shape index (κ3) is 5.24. The molecule has 0 aliphatic rings. The van der Waals surface area contributed by atoms with Gasteiger partial charge in [0.25, 0.3) is 0 Å². The molecular formula is C20H22Br2O4. The van der Waals surface area contributed by atoms with Gasteiger partial charge in [-0.3, -0.25) is 4.79 Å². The number of hydrogen-bond donors (Lipinski definition) is 0. The zero-order chi connectivity index (χ0) is 19.3. The van der Waals surface area contributed by atoms with E-state index < -0.39 is 0 Å². The summed E-state index contributed by atoms with van der Waals surface area (Å²) in [4.78, 5) is 11.7. The van der Waals surface area contributed by atoms with Crippen LogP contribution < -0.4 is 14.2 Å². The first-order chi connectivity index (χ1) is 12.3. The van der Waals surface area contributed by atoms with E-state index in [1.807, 2.05) is 25.1 Å². The fourth-order valence-electron chi connectivity index (χ4n) is 2.42. The second kappa shape index (κ2) is 9.42. The molecule has 0 N–H and O–H groups in total. The Bertz CT molecular complexity index is 764. The minimum absolute atomic E-state index is 0.253. The monoisotopic (exact) mass is 484 g/mol. The summed E-state index contributed by atoms with van der Waals surface area (Å²) in [6.07, 6.45) is 1.13. The second-order valence-electron chi connectivity index (χ2n) is 6.10. The van der Waals surface area contributed by atoms with Crippen molar-refractivity contribution >= 4 is 37.8 Å². The molecule has 2 aromatic rings. The van der Waals surface area contributed by atoms with E-state index in [-0.39, 0.29) is 5.97 Å². The summed E-state index contributed by atoms with van der Waals surface area (Å²) in [6.45, 7) is 6.14. The molecule has 2 rings (SSSR count). The highest BCUT2D eigenvalue weighted by Crippen LogP contribution is 2.41. The number of benzene rings is 2. The first-order valence-electron chi connectivity index (χ1n) is 8.41. The maximum Gasteiger partial charge on any atom is 0.311 e. The molecule has 0 radical (unpaired) electrons. The first-order valence-corrected chi connectivity index (χ1v) is 9.99. The fourth-order valence-corrected chi connectivity index (χ4v) is 3.73. The molecule has 0 aromatic heterocycles. The molecule has 0 fully saturated rings. The van der Waals surface area contributed by atoms with Crippen molar-refractivity contribution in [1.29, 1.82) is 0 Å². The summed E-state index contributed by atoms with van der Waals surface area (Å²) in [5.74, 6) is 2.67. The van der Waals surface area contributed by atoms with Crippen molar-refractivity contribution in [3.05, 3.63) is 44.8 Å². The average molecular weight is 486 g/mol. The van der Waals surface area contributed by atoms with Crippen molar-refractivity contribution in [2.45, 2.75) is 39.5 Å². The maximum absolute atomic E-state index is 11.7. The van der Waals surface area contributed by atoms with Gasteiger partial charge in [-0.15, -0.1) is 0 Å². The topological polar surface area (TPSA) is 44.8 Å². The Kier molecular flexibility index (Phi) is 7.53. The van der Waals surface area contributed by atoms with E-state index in [1.165, 1.54) is 0 Å². The van der Waals surface area contributed by atoms with E-state index in [0.29, 0.717) is 38.5 Å². The van der Waals surface area contributed by atoms with E-state index >= 15 is 0 Å². The normalized spacial score (nSPS) is 10.7. The van der Waals surface area contributed by atoms with E-state index in [1.54, 1.807) is 19.2 Å². The van der Waals surface area contributed by atoms with E-state index in [4.69, 9.17) is 14.2 Å². The number of carbonyl (C=O) groups excluding carboxylic acids is 1. The molecule has 140 valence electrons. The Morgan fingerprint density at radius 2 is 1.73 bits per heavy atom. The molecule has 0 heterocycles. The smallest absolute Gasteiger partial charge is 0.311 e. The van der Waals surface area contributed by atoms with Crippen LogP contribution in [0.4, 0.5) is 0 Å². The van der Waals surface area contributed by atoms with Crippen LogP contribution in [0, 0.1) is 0 Å². The quantitative estimate of drug-likeness (QED) is 0.318. The van der Waals surface area contributed by atoms with Gasteiger partial charge in [0.2, 0.25) is 0 Å². The van der Waals surface area contributed by atoms with Gasteiger partial charge in [-0.2, -0.15) is 0 Å². The number of rotatable bonds is 7. The van der Waals surface area contributed by atoms with Crippen LogP contribution in [0.25, 0.3) is 0 Å². The van der Waals surface area contributed by atoms with E-state index in [2.05, 4.69) is 45.7 Å². The maximum atomic E-state index is 11.7. The fraction of sp³-hybridized carbons (Fsp3) is 0.350. The van der Waals surface area contributed by atoms with Gasteiger partial charge in [0, 0.05) is 12.0 Å². The predicted octanol–water partition coefficient (Wildman–Crippen LogP) is 6.84. The minimum Gasteiger partial charge on any atom is -0.496 e. The Morgan fingerprint density at radius 1 is 1.08 bits per heavy atom. The molecule has 0 saturated heterocycles. The number of methoxy groups -OCH3 is 1. The molecule has 0 atom stereocenters. The molecule has 2 aromatic carbocycles. The third-order valence-corrected chi connectivity index (χ3v) is 4.88. The molecule has 0 aliphatic carbocycles. The molecule has 0 bridgehead atoms. The number of carbonyl (C=O) groups is 1. The van der Waals surface area contributed by atoms with Crippen LogP contribution in [0.2, 0.25) is 0 Å². The number of esters is 1. The van der Waals surface area contributed by atoms with Crippen molar-refractivity contribution in [1.82, 2.24) is 0 Å². The molecule has 6 heteroatoms. The lowest BCUT2D eigenvalue weighted by Gasteiger charge is -2.16. The van der Waals surface area contributed by atoms with Crippen molar-refractivity contribution in [3.8, 4) is 23.0 Å². The summed E-state index contributed by atoms with van der Waals surface area (Å²) in [5, 5.41) is 0. The van der Waals surface area contributed by atoms with Crippen LogP contribution in [-0.2, 0) is 4.79 Å². The Morgan fingerprint density at radius 3 is 2.27 bits per heavy atom. The molecule has 0 aliphatic heterocycles. The lowest BCUT2D eigenvalue weighted by atomic mass is 10.0. The summed E-state index contributed by atoms with van der Waals surface area (Å²) >= 11 is 6.98.